The van der Waals surface area contributed by atoms with Gasteiger partial charge in [0.15, 0.2) is 5.96 Å². The Balaban J connectivity index is 0.00000312. The smallest absolute Gasteiger partial charge is 0.212 e. The fourth-order valence-corrected chi connectivity index (χ4v) is 2.34. The Morgan fingerprint density at radius 2 is 1.84 bits per heavy atom. The second kappa shape index (κ2) is 10.2. The van der Waals surface area contributed by atoms with E-state index < -0.39 is 0 Å². The minimum atomic E-state index is 0. The summed E-state index contributed by atoms with van der Waals surface area (Å²) in [6.45, 7) is 5.88. The van der Waals surface area contributed by atoms with E-state index in [9.17, 15) is 0 Å². The molecule has 0 saturated carbocycles. The molecule has 0 bridgehead atoms. The summed E-state index contributed by atoms with van der Waals surface area (Å²) in [7, 11) is 3.39. The highest BCUT2D eigenvalue weighted by Crippen LogP contribution is 2.21. The largest absolute Gasteiger partial charge is 0.481 e. The monoisotopic (exact) mass is 454 g/mol. The van der Waals surface area contributed by atoms with Crippen LogP contribution in [0.5, 0.6) is 5.88 Å². The third-order valence-corrected chi connectivity index (χ3v) is 3.94. The summed E-state index contributed by atoms with van der Waals surface area (Å²) < 4.78 is 5.07. The van der Waals surface area contributed by atoms with Crippen LogP contribution >= 0.6 is 24.0 Å². The molecule has 0 amide bonds. The zero-order valence-corrected chi connectivity index (χ0v) is 17.6. The lowest BCUT2D eigenvalue weighted by atomic mass is 9.85. The molecule has 0 aliphatic carbocycles. The molecule has 2 rings (SSSR count). The molecule has 1 aromatic carbocycles. The predicted octanol–water partition coefficient (Wildman–Crippen LogP) is 3.35. The van der Waals surface area contributed by atoms with E-state index in [1.807, 2.05) is 18.2 Å². The highest BCUT2D eigenvalue weighted by atomic mass is 127. The van der Waals surface area contributed by atoms with E-state index in [2.05, 4.69) is 58.7 Å². The van der Waals surface area contributed by atoms with Gasteiger partial charge in [-0.1, -0.05) is 50.2 Å². The van der Waals surface area contributed by atoms with Gasteiger partial charge in [-0.2, -0.15) is 0 Å². The second-order valence-corrected chi connectivity index (χ2v) is 6.24. The van der Waals surface area contributed by atoms with Crippen molar-refractivity contribution in [3.8, 4) is 5.88 Å². The molecule has 25 heavy (non-hydrogen) atoms. The molecule has 0 aliphatic rings. The maximum Gasteiger partial charge on any atom is 0.212 e. The van der Waals surface area contributed by atoms with E-state index in [4.69, 9.17) is 4.74 Å². The average Bonchev–Trinajstić information content (AvgIpc) is 2.63. The third-order valence-electron chi connectivity index (χ3n) is 3.94. The minimum Gasteiger partial charge on any atom is -0.481 e. The van der Waals surface area contributed by atoms with Gasteiger partial charge in [0, 0.05) is 37.8 Å². The SMILES string of the molecule is CN=C(NCc1ccc(OC)nc1)NCC(C)(C)c1ccccc1.I. The van der Waals surface area contributed by atoms with Gasteiger partial charge < -0.3 is 15.4 Å². The Kier molecular flexibility index (Phi) is 8.68. The van der Waals surface area contributed by atoms with Crippen molar-refractivity contribution in [2.24, 2.45) is 4.99 Å². The van der Waals surface area contributed by atoms with Crippen LogP contribution in [-0.2, 0) is 12.0 Å². The fourth-order valence-electron chi connectivity index (χ4n) is 2.34. The van der Waals surface area contributed by atoms with Crippen molar-refractivity contribution in [2.75, 3.05) is 20.7 Å². The van der Waals surface area contributed by atoms with E-state index in [1.54, 1.807) is 20.4 Å². The molecule has 1 heterocycles. The number of ether oxygens (including phenoxy) is 1. The van der Waals surface area contributed by atoms with Crippen LogP contribution in [0.3, 0.4) is 0 Å². The Morgan fingerprint density at radius 3 is 2.40 bits per heavy atom. The molecule has 2 aromatic rings. The van der Waals surface area contributed by atoms with Gasteiger partial charge in [-0.25, -0.2) is 4.98 Å². The number of hydrogen-bond acceptors (Lipinski definition) is 3. The first-order valence-electron chi connectivity index (χ1n) is 8.04. The van der Waals surface area contributed by atoms with E-state index in [0.29, 0.717) is 12.4 Å². The molecular weight excluding hydrogens is 427 g/mol. The summed E-state index contributed by atoms with van der Waals surface area (Å²) >= 11 is 0. The van der Waals surface area contributed by atoms with Crippen molar-refractivity contribution >= 4 is 29.9 Å². The predicted molar refractivity (Wildman–Crippen MR) is 114 cm³/mol. The first-order valence-corrected chi connectivity index (χ1v) is 8.04. The van der Waals surface area contributed by atoms with Crippen LogP contribution in [0.2, 0.25) is 0 Å². The van der Waals surface area contributed by atoms with E-state index >= 15 is 0 Å². The van der Waals surface area contributed by atoms with Crippen LogP contribution in [0.25, 0.3) is 0 Å². The molecule has 0 radical (unpaired) electrons. The zero-order chi connectivity index (χ0) is 17.4. The van der Waals surface area contributed by atoms with Gasteiger partial charge in [-0.3, -0.25) is 4.99 Å². The lowest BCUT2D eigenvalue weighted by Gasteiger charge is -2.26. The van der Waals surface area contributed by atoms with Crippen LogP contribution in [-0.4, -0.2) is 31.6 Å². The summed E-state index contributed by atoms with van der Waals surface area (Å²) in [6.07, 6.45) is 1.80. The molecule has 2 N–H and O–H groups in total. The number of hydrogen-bond donors (Lipinski definition) is 2. The van der Waals surface area contributed by atoms with Crippen molar-refractivity contribution < 1.29 is 4.74 Å². The molecule has 0 atom stereocenters. The lowest BCUT2D eigenvalue weighted by molar-refractivity contribution is 0.397. The minimum absolute atomic E-state index is 0. The molecule has 0 saturated heterocycles. The molecule has 0 unspecified atom stereocenters. The molecular formula is C19H27IN4O. The number of halogens is 1. The second-order valence-electron chi connectivity index (χ2n) is 6.24. The molecule has 0 spiro atoms. The van der Waals surface area contributed by atoms with E-state index in [-0.39, 0.29) is 29.4 Å². The highest BCUT2D eigenvalue weighted by Gasteiger charge is 2.20. The fraction of sp³-hybridized carbons (Fsp3) is 0.368. The number of nitrogens with zero attached hydrogens (tertiary/aromatic N) is 2. The number of nitrogens with one attached hydrogen (secondary N) is 2. The van der Waals surface area contributed by atoms with Crippen molar-refractivity contribution in [3.63, 3.8) is 0 Å². The standard InChI is InChI=1S/C19H26N4O.HI/c1-19(2,16-8-6-5-7-9-16)14-23-18(20-3)22-13-15-10-11-17(24-4)21-12-15;/h5-12H,13-14H2,1-4H3,(H2,20,22,23);1H. The quantitative estimate of drug-likeness (QED) is 0.400. The van der Waals surface area contributed by atoms with Crippen molar-refractivity contribution in [1.82, 2.24) is 15.6 Å². The summed E-state index contributed by atoms with van der Waals surface area (Å²) in [5, 5.41) is 6.70. The Morgan fingerprint density at radius 1 is 1.12 bits per heavy atom. The summed E-state index contributed by atoms with van der Waals surface area (Å²) in [6, 6.07) is 14.3. The van der Waals surface area contributed by atoms with Crippen LogP contribution < -0.4 is 15.4 Å². The number of methoxy groups -OCH3 is 1. The van der Waals surface area contributed by atoms with Crippen LogP contribution in [0.15, 0.2) is 53.7 Å². The molecule has 0 fully saturated rings. The molecule has 136 valence electrons. The van der Waals surface area contributed by atoms with Crippen LogP contribution in [0, 0.1) is 0 Å². The number of aromatic nitrogens is 1. The van der Waals surface area contributed by atoms with Gasteiger partial charge in [0.2, 0.25) is 5.88 Å². The number of benzene rings is 1. The summed E-state index contributed by atoms with van der Waals surface area (Å²) in [5.74, 6) is 1.39. The first-order chi connectivity index (χ1) is 11.5. The molecule has 6 heteroatoms. The van der Waals surface area contributed by atoms with Gasteiger partial charge in [0.05, 0.1) is 7.11 Å². The number of guanidine groups is 1. The van der Waals surface area contributed by atoms with Crippen molar-refractivity contribution in [3.05, 3.63) is 59.8 Å². The van der Waals surface area contributed by atoms with Crippen molar-refractivity contribution in [1.29, 1.82) is 0 Å². The maximum atomic E-state index is 5.07. The average molecular weight is 454 g/mol. The number of aliphatic imine (C=N–C) groups is 1. The van der Waals surface area contributed by atoms with Gasteiger partial charge in [0.1, 0.15) is 0 Å². The van der Waals surface area contributed by atoms with Gasteiger partial charge in [-0.05, 0) is 11.1 Å². The van der Waals surface area contributed by atoms with Crippen molar-refractivity contribution in [2.45, 2.75) is 25.8 Å². The Hall–Kier alpha value is -1.83. The molecule has 5 nitrogen and oxygen atoms in total. The number of rotatable bonds is 6. The zero-order valence-electron chi connectivity index (χ0n) is 15.2. The lowest BCUT2D eigenvalue weighted by Crippen LogP contribution is -2.43. The van der Waals surface area contributed by atoms with Crippen LogP contribution in [0.1, 0.15) is 25.0 Å². The van der Waals surface area contributed by atoms with Gasteiger partial charge in [0.25, 0.3) is 0 Å². The number of pyridine rings is 1. The van der Waals surface area contributed by atoms with Gasteiger partial charge >= 0.3 is 0 Å². The molecule has 1 aromatic heterocycles. The maximum absolute atomic E-state index is 5.07. The summed E-state index contributed by atoms with van der Waals surface area (Å²) in [4.78, 5) is 8.49. The first kappa shape index (κ1) is 21.2. The Labute approximate surface area is 167 Å². The summed E-state index contributed by atoms with van der Waals surface area (Å²) in [5.41, 5.74) is 2.38. The topological polar surface area (TPSA) is 58.5 Å². The van der Waals surface area contributed by atoms with E-state index in [0.717, 1.165) is 18.1 Å². The van der Waals surface area contributed by atoms with Gasteiger partial charge in [-0.15, -0.1) is 24.0 Å². The van der Waals surface area contributed by atoms with E-state index in [1.165, 1.54) is 5.56 Å². The Bertz CT molecular complexity index is 657. The highest BCUT2D eigenvalue weighted by molar-refractivity contribution is 14.0. The van der Waals surface area contributed by atoms with Crippen LogP contribution in [0.4, 0.5) is 0 Å². The molecule has 0 aliphatic heterocycles. The normalized spacial score (nSPS) is 11.4. The third kappa shape index (κ3) is 6.53.